The molecule has 11 heavy (non-hydrogen) atoms. The third-order valence-electron chi connectivity index (χ3n) is 1.33. The highest BCUT2D eigenvalue weighted by atomic mass is 32.2. The molecule has 0 aromatic carbocycles. The summed E-state index contributed by atoms with van der Waals surface area (Å²) in [5.41, 5.74) is 5.48. The smallest absolute Gasteiger partial charge is 0.190 e. The Morgan fingerprint density at radius 1 is 1.73 bits per heavy atom. The van der Waals surface area contributed by atoms with Gasteiger partial charge in [0.1, 0.15) is 0 Å². The summed E-state index contributed by atoms with van der Waals surface area (Å²) in [6.45, 7) is 0.687. The molecule has 0 aromatic rings. The van der Waals surface area contributed by atoms with Crippen LogP contribution in [0.15, 0.2) is 4.99 Å². The van der Waals surface area contributed by atoms with Crippen molar-refractivity contribution in [2.75, 3.05) is 32.6 Å². The van der Waals surface area contributed by atoms with Gasteiger partial charge in [0, 0.05) is 43.4 Å². The lowest BCUT2D eigenvalue weighted by Crippen LogP contribution is -2.36. The van der Waals surface area contributed by atoms with E-state index < -0.39 is 10.8 Å². The zero-order valence-corrected chi connectivity index (χ0v) is 8.02. The van der Waals surface area contributed by atoms with Gasteiger partial charge in [-0.15, -0.1) is 0 Å². The molecule has 2 N–H and O–H groups in total. The van der Waals surface area contributed by atoms with Crippen molar-refractivity contribution in [2.24, 2.45) is 10.7 Å². The molecule has 0 aliphatic heterocycles. The first-order chi connectivity index (χ1) is 5.07. The van der Waals surface area contributed by atoms with Crippen LogP contribution in [0.1, 0.15) is 0 Å². The normalized spacial score (nSPS) is 14.6. The monoisotopic (exact) mass is 177 g/mol. The Kier molecular flexibility index (Phi) is 4.85. The van der Waals surface area contributed by atoms with Crippen LogP contribution in [0, 0.1) is 0 Å². The van der Waals surface area contributed by atoms with Crippen LogP contribution in [0.5, 0.6) is 0 Å². The Hall–Kier alpha value is -0.580. The number of nitrogens with zero attached hydrogens (tertiary/aromatic N) is 2. The van der Waals surface area contributed by atoms with E-state index in [1.807, 2.05) is 7.05 Å². The summed E-state index contributed by atoms with van der Waals surface area (Å²) in [6.07, 6.45) is 1.67. The average Bonchev–Trinajstić information content (AvgIpc) is 1.98. The molecule has 4 nitrogen and oxygen atoms in total. The van der Waals surface area contributed by atoms with Gasteiger partial charge in [0.15, 0.2) is 5.96 Å². The van der Waals surface area contributed by atoms with Gasteiger partial charge < -0.3 is 10.6 Å². The molecule has 0 spiro atoms. The van der Waals surface area contributed by atoms with E-state index in [0.717, 1.165) is 0 Å². The van der Waals surface area contributed by atoms with Crippen LogP contribution in [-0.4, -0.2) is 47.7 Å². The molecule has 0 fully saturated rings. The van der Waals surface area contributed by atoms with Crippen molar-refractivity contribution < 1.29 is 4.21 Å². The SMILES string of the molecule is CN=C(N)N(C)CCS(C)=O. The number of hydrogen-bond acceptors (Lipinski definition) is 2. The number of hydrogen-bond donors (Lipinski definition) is 1. The minimum Gasteiger partial charge on any atom is -0.370 e. The van der Waals surface area contributed by atoms with Crippen molar-refractivity contribution >= 4 is 16.8 Å². The lowest BCUT2D eigenvalue weighted by atomic mass is 10.6. The number of guanidine groups is 1. The van der Waals surface area contributed by atoms with Gasteiger partial charge in [0.05, 0.1) is 0 Å². The lowest BCUT2D eigenvalue weighted by Gasteiger charge is -2.16. The highest BCUT2D eigenvalue weighted by Crippen LogP contribution is 1.83. The Labute approximate surface area is 69.9 Å². The van der Waals surface area contributed by atoms with Crippen LogP contribution in [0.2, 0.25) is 0 Å². The lowest BCUT2D eigenvalue weighted by molar-refractivity contribution is 0.529. The van der Waals surface area contributed by atoms with E-state index in [0.29, 0.717) is 18.3 Å². The predicted octanol–water partition coefficient (Wildman–Crippen LogP) is -0.759. The number of aliphatic imine (C=N–C) groups is 1. The Morgan fingerprint density at radius 3 is 2.64 bits per heavy atom. The van der Waals surface area contributed by atoms with Gasteiger partial charge in [0.2, 0.25) is 0 Å². The van der Waals surface area contributed by atoms with Crippen LogP contribution in [0.4, 0.5) is 0 Å². The zero-order valence-electron chi connectivity index (χ0n) is 7.20. The Bertz CT molecular complexity index is 169. The van der Waals surface area contributed by atoms with E-state index in [1.54, 1.807) is 18.2 Å². The van der Waals surface area contributed by atoms with E-state index in [2.05, 4.69) is 4.99 Å². The first-order valence-electron chi connectivity index (χ1n) is 3.31. The summed E-state index contributed by atoms with van der Waals surface area (Å²) in [5, 5.41) is 0. The molecule has 0 bridgehead atoms. The van der Waals surface area contributed by atoms with E-state index in [9.17, 15) is 4.21 Å². The van der Waals surface area contributed by atoms with E-state index in [4.69, 9.17) is 5.73 Å². The second-order valence-corrected chi connectivity index (χ2v) is 3.84. The maximum atomic E-state index is 10.7. The first kappa shape index (κ1) is 10.4. The fraction of sp³-hybridized carbons (Fsp3) is 0.833. The van der Waals surface area contributed by atoms with Crippen LogP contribution in [0.25, 0.3) is 0 Å². The minimum absolute atomic E-state index is 0.482. The Morgan fingerprint density at radius 2 is 2.27 bits per heavy atom. The summed E-state index contributed by atoms with van der Waals surface area (Å²) in [5.74, 6) is 1.11. The third kappa shape index (κ3) is 4.78. The quantitative estimate of drug-likeness (QED) is 0.455. The third-order valence-corrected chi connectivity index (χ3v) is 2.09. The topological polar surface area (TPSA) is 58.7 Å². The first-order valence-corrected chi connectivity index (χ1v) is 5.04. The van der Waals surface area contributed by atoms with Gasteiger partial charge in [-0.3, -0.25) is 9.20 Å². The highest BCUT2D eigenvalue weighted by Gasteiger charge is 2.00. The molecule has 1 atom stereocenters. The van der Waals surface area contributed by atoms with Gasteiger partial charge in [-0.2, -0.15) is 0 Å². The average molecular weight is 177 g/mol. The molecule has 0 aromatic heterocycles. The van der Waals surface area contributed by atoms with Crippen LogP contribution >= 0.6 is 0 Å². The van der Waals surface area contributed by atoms with Gasteiger partial charge >= 0.3 is 0 Å². The maximum absolute atomic E-state index is 10.7. The van der Waals surface area contributed by atoms with E-state index >= 15 is 0 Å². The Balaban J connectivity index is 3.69. The molecular weight excluding hydrogens is 162 g/mol. The van der Waals surface area contributed by atoms with Gasteiger partial charge in [-0.05, 0) is 0 Å². The van der Waals surface area contributed by atoms with Crippen molar-refractivity contribution in [3.8, 4) is 0 Å². The second kappa shape index (κ2) is 5.12. The predicted molar refractivity (Wildman–Crippen MR) is 49.1 cm³/mol. The summed E-state index contributed by atoms with van der Waals surface area (Å²) >= 11 is 0. The fourth-order valence-electron chi connectivity index (χ4n) is 0.551. The van der Waals surface area contributed by atoms with Crippen LogP contribution < -0.4 is 5.73 Å². The summed E-state index contributed by atoms with van der Waals surface area (Å²) < 4.78 is 10.7. The van der Waals surface area contributed by atoms with E-state index in [-0.39, 0.29) is 0 Å². The largest absolute Gasteiger partial charge is 0.370 e. The van der Waals surface area contributed by atoms with Crippen molar-refractivity contribution in [3.05, 3.63) is 0 Å². The molecule has 0 aliphatic carbocycles. The minimum atomic E-state index is -0.757. The molecule has 0 aliphatic rings. The van der Waals surface area contributed by atoms with Crippen LogP contribution in [0.3, 0.4) is 0 Å². The van der Waals surface area contributed by atoms with Crippen LogP contribution in [-0.2, 0) is 10.8 Å². The van der Waals surface area contributed by atoms with Gasteiger partial charge in [-0.25, -0.2) is 0 Å². The molecular formula is C6H15N3OS. The standard InChI is InChI=1S/C6H15N3OS/c1-8-6(7)9(2)4-5-11(3)10/h4-5H2,1-3H3,(H2,7,8). The zero-order chi connectivity index (χ0) is 8.85. The second-order valence-electron chi connectivity index (χ2n) is 2.28. The summed E-state index contributed by atoms with van der Waals surface area (Å²) in [6, 6.07) is 0. The van der Waals surface area contributed by atoms with Gasteiger partial charge in [0.25, 0.3) is 0 Å². The molecule has 0 amide bonds. The molecule has 66 valence electrons. The van der Waals surface area contributed by atoms with Crippen molar-refractivity contribution in [2.45, 2.75) is 0 Å². The molecule has 0 radical (unpaired) electrons. The van der Waals surface area contributed by atoms with E-state index in [1.165, 1.54) is 0 Å². The molecule has 0 saturated carbocycles. The summed E-state index contributed by atoms with van der Waals surface area (Å²) in [7, 11) is 2.71. The fourth-order valence-corrected chi connectivity index (χ4v) is 1.08. The summed E-state index contributed by atoms with van der Waals surface area (Å²) in [4.78, 5) is 5.57. The number of nitrogens with two attached hydrogens (primary N) is 1. The highest BCUT2D eigenvalue weighted by molar-refractivity contribution is 7.84. The molecule has 0 rings (SSSR count). The van der Waals surface area contributed by atoms with Crippen molar-refractivity contribution in [1.82, 2.24) is 4.90 Å². The number of rotatable bonds is 3. The van der Waals surface area contributed by atoms with Crippen molar-refractivity contribution in [3.63, 3.8) is 0 Å². The molecule has 0 saturated heterocycles. The van der Waals surface area contributed by atoms with Gasteiger partial charge in [-0.1, -0.05) is 0 Å². The van der Waals surface area contributed by atoms with Crippen molar-refractivity contribution in [1.29, 1.82) is 0 Å². The maximum Gasteiger partial charge on any atom is 0.190 e. The molecule has 5 heteroatoms. The molecule has 0 heterocycles. The molecule has 1 unspecified atom stereocenters.